The lowest BCUT2D eigenvalue weighted by Gasteiger charge is -2.31. The van der Waals surface area contributed by atoms with Gasteiger partial charge in [0.1, 0.15) is 5.15 Å². The summed E-state index contributed by atoms with van der Waals surface area (Å²) in [6.45, 7) is 7.60. The van der Waals surface area contributed by atoms with E-state index in [0.717, 1.165) is 0 Å². The second kappa shape index (κ2) is 6.16. The molecule has 1 amide bonds. The molecule has 1 rings (SSSR count). The van der Waals surface area contributed by atoms with Gasteiger partial charge in [0, 0.05) is 18.3 Å². The first-order chi connectivity index (χ1) is 8.38. The van der Waals surface area contributed by atoms with Crippen molar-refractivity contribution in [3.05, 3.63) is 28.5 Å². The summed E-state index contributed by atoms with van der Waals surface area (Å²) in [5.74, 6) is -0.131. The van der Waals surface area contributed by atoms with Crippen molar-refractivity contribution in [2.75, 3.05) is 0 Å². The van der Waals surface area contributed by atoms with Gasteiger partial charge in [-0.2, -0.15) is 0 Å². The molecule has 0 aliphatic carbocycles. The van der Waals surface area contributed by atoms with Crippen molar-refractivity contribution in [1.29, 1.82) is 0 Å². The summed E-state index contributed by atoms with van der Waals surface area (Å²) in [5.41, 5.74) is 0.913. The largest absolute Gasteiger partial charge is 0.392 e. The van der Waals surface area contributed by atoms with Crippen molar-refractivity contribution in [3.63, 3.8) is 0 Å². The van der Waals surface area contributed by atoms with E-state index in [2.05, 4.69) is 4.98 Å². The molecule has 0 fully saturated rings. The maximum atomic E-state index is 12.5. The van der Waals surface area contributed by atoms with E-state index in [0.29, 0.717) is 11.1 Å². The number of aromatic nitrogens is 1. The van der Waals surface area contributed by atoms with Crippen molar-refractivity contribution in [1.82, 2.24) is 9.88 Å². The summed E-state index contributed by atoms with van der Waals surface area (Å²) in [5, 5.41) is 9.57. The molecule has 1 aromatic rings. The van der Waals surface area contributed by atoms with E-state index in [4.69, 9.17) is 11.6 Å². The van der Waals surface area contributed by atoms with Crippen LogP contribution in [0, 0.1) is 0 Å². The van der Waals surface area contributed by atoms with Crippen LogP contribution in [-0.4, -0.2) is 33.0 Å². The smallest absolute Gasteiger partial charge is 0.256 e. The monoisotopic (exact) mass is 270 g/mol. The third-order valence-electron chi connectivity index (χ3n) is 2.70. The highest BCUT2D eigenvalue weighted by molar-refractivity contribution is 6.29. The average Bonchev–Trinajstić information content (AvgIpc) is 2.27. The highest BCUT2D eigenvalue weighted by atomic mass is 35.5. The second-order valence-electron chi connectivity index (χ2n) is 4.72. The van der Waals surface area contributed by atoms with Gasteiger partial charge in [0.25, 0.3) is 5.91 Å². The molecule has 1 N–H and O–H groups in total. The van der Waals surface area contributed by atoms with E-state index < -0.39 is 0 Å². The Kier molecular flexibility index (Phi) is 5.11. The number of hydrogen-bond acceptors (Lipinski definition) is 3. The van der Waals surface area contributed by atoms with Crippen LogP contribution in [0.2, 0.25) is 5.15 Å². The number of pyridine rings is 1. The maximum Gasteiger partial charge on any atom is 0.256 e. The van der Waals surface area contributed by atoms with Gasteiger partial charge in [0.15, 0.2) is 0 Å². The summed E-state index contributed by atoms with van der Waals surface area (Å²) in [4.78, 5) is 18.1. The molecular formula is C13H19ClN2O2. The summed E-state index contributed by atoms with van der Waals surface area (Å²) in [6.07, 6.45) is 1.42. The first-order valence-corrected chi connectivity index (χ1v) is 6.34. The quantitative estimate of drug-likeness (QED) is 0.855. The molecule has 0 unspecified atom stereocenters. The molecular weight excluding hydrogens is 252 g/mol. The summed E-state index contributed by atoms with van der Waals surface area (Å²) in [7, 11) is 0. The number of carbonyl (C=O) groups is 1. The zero-order chi connectivity index (χ0) is 13.9. The molecule has 5 heteroatoms. The Labute approximate surface area is 113 Å². The first kappa shape index (κ1) is 14.9. The van der Waals surface area contributed by atoms with Crippen LogP contribution >= 0.6 is 11.6 Å². The molecule has 0 spiro atoms. The third kappa shape index (κ3) is 3.21. The number of hydrogen-bond donors (Lipinski definition) is 1. The van der Waals surface area contributed by atoms with E-state index in [1.54, 1.807) is 4.90 Å². The van der Waals surface area contributed by atoms with E-state index >= 15 is 0 Å². The number of aliphatic hydroxyl groups excluding tert-OH is 1. The number of rotatable bonds is 4. The van der Waals surface area contributed by atoms with E-state index in [-0.39, 0.29) is 29.8 Å². The minimum Gasteiger partial charge on any atom is -0.392 e. The third-order valence-corrected chi connectivity index (χ3v) is 2.91. The van der Waals surface area contributed by atoms with Crippen LogP contribution < -0.4 is 0 Å². The molecule has 1 aromatic heterocycles. The van der Waals surface area contributed by atoms with Crippen molar-refractivity contribution in [3.8, 4) is 0 Å². The number of amides is 1. The van der Waals surface area contributed by atoms with Crippen LogP contribution in [0.3, 0.4) is 0 Å². The van der Waals surface area contributed by atoms with Crippen molar-refractivity contribution < 1.29 is 9.90 Å². The highest BCUT2D eigenvalue weighted by Gasteiger charge is 2.23. The number of aliphatic hydroxyl groups is 1. The number of nitrogens with zero attached hydrogens (tertiary/aromatic N) is 2. The van der Waals surface area contributed by atoms with Gasteiger partial charge in [0.2, 0.25) is 0 Å². The van der Waals surface area contributed by atoms with Gasteiger partial charge in [-0.05, 0) is 39.3 Å². The average molecular weight is 271 g/mol. The molecule has 18 heavy (non-hydrogen) atoms. The lowest BCUT2D eigenvalue weighted by Crippen LogP contribution is -2.42. The van der Waals surface area contributed by atoms with E-state index in [1.807, 2.05) is 27.7 Å². The first-order valence-electron chi connectivity index (χ1n) is 5.96. The van der Waals surface area contributed by atoms with E-state index in [1.165, 1.54) is 12.3 Å². The fourth-order valence-electron chi connectivity index (χ4n) is 2.00. The molecule has 4 nitrogen and oxygen atoms in total. The molecule has 0 aliphatic heterocycles. The molecule has 1 heterocycles. The molecule has 0 aromatic carbocycles. The highest BCUT2D eigenvalue weighted by Crippen LogP contribution is 2.18. The summed E-state index contributed by atoms with van der Waals surface area (Å²) >= 11 is 5.76. The Morgan fingerprint density at radius 2 is 1.94 bits per heavy atom. The normalized spacial score (nSPS) is 11.1. The van der Waals surface area contributed by atoms with Gasteiger partial charge < -0.3 is 10.0 Å². The van der Waals surface area contributed by atoms with Crippen LogP contribution in [0.5, 0.6) is 0 Å². The Morgan fingerprint density at radius 3 is 2.39 bits per heavy atom. The Hall–Kier alpha value is -1.13. The maximum absolute atomic E-state index is 12.5. The fourth-order valence-corrected chi connectivity index (χ4v) is 2.18. The minimum absolute atomic E-state index is 0.0831. The summed E-state index contributed by atoms with van der Waals surface area (Å²) < 4.78 is 0. The van der Waals surface area contributed by atoms with Crippen molar-refractivity contribution in [2.24, 2.45) is 0 Å². The van der Waals surface area contributed by atoms with Crippen LogP contribution in [0.15, 0.2) is 12.3 Å². The lowest BCUT2D eigenvalue weighted by molar-refractivity contribution is 0.0640. The standard InChI is InChI=1S/C13H19ClN2O2/c1-8(2)16(9(3)4)13(18)11-6-15-12(14)5-10(11)7-17/h5-6,8-9,17H,7H2,1-4H3. The molecule has 0 saturated carbocycles. The number of carbonyl (C=O) groups excluding carboxylic acids is 1. The van der Waals surface area contributed by atoms with E-state index in [9.17, 15) is 9.90 Å². The van der Waals surface area contributed by atoms with Crippen molar-refractivity contribution in [2.45, 2.75) is 46.4 Å². The van der Waals surface area contributed by atoms with Gasteiger partial charge in [-0.3, -0.25) is 4.79 Å². The summed E-state index contributed by atoms with van der Waals surface area (Å²) in [6, 6.07) is 1.69. The topological polar surface area (TPSA) is 53.4 Å². The molecule has 0 aliphatic rings. The SMILES string of the molecule is CC(C)N(C(=O)c1cnc(Cl)cc1CO)C(C)C. The van der Waals surface area contributed by atoms with Crippen LogP contribution in [-0.2, 0) is 6.61 Å². The molecule has 0 bridgehead atoms. The van der Waals surface area contributed by atoms with Crippen LogP contribution in [0.4, 0.5) is 0 Å². The van der Waals surface area contributed by atoms with Crippen LogP contribution in [0.1, 0.15) is 43.6 Å². The van der Waals surface area contributed by atoms with Gasteiger partial charge in [-0.25, -0.2) is 4.98 Å². The predicted octanol–water partition coefficient (Wildman–Crippen LogP) is 2.49. The molecule has 100 valence electrons. The molecule has 0 atom stereocenters. The Balaban J connectivity index is 3.16. The predicted molar refractivity (Wildman–Crippen MR) is 71.6 cm³/mol. The van der Waals surface area contributed by atoms with Gasteiger partial charge in [-0.15, -0.1) is 0 Å². The minimum atomic E-state index is -0.229. The van der Waals surface area contributed by atoms with Gasteiger partial charge in [-0.1, -0.05) is 11.6 Å². The van der Waals surface area contributed by atoms with Crippen molar-refractivity contribution >= 4 is 17.5 Å². The van der Waals surface area contributed by atoms with Gasteiger partial charge in [0.05, 0.1) is 12.2 Å². The second-order valence-corrected chi connectivity index (χ2v) is 5.11. The number of halogens is 1. The zero-order valence-corrected chi connectivity index (χ0v) is 11.9. The fraction of sp³-hybridized carbons (Fsp3) is 0.538. The molecule has 0 saturated heterocycles. The Bertz CT molecular complexity index is 425. The lowest BCUT2D eigenvalue weighted by atomic mass is 10.1. The zero-order valence-electron chi connectivity index (χ0n) is 11.1. The van der Waals surface area contributed by atoms with Crippen LogP contribution in [0.25, 0.3) is 0 Å². The molecule has 0 radical (unpaired) electrons. The van der Waals surface area contributed by atoms with Gasteiger partial charge >= 0.3 is 0 Å². The Morgan fingerprint density at radius 1 is 1.39 bits per heavy atom.